The highest BCUT2D eigenvalue weighted by molar-refractivity contribution is 4.81. The van der Waals surface area contributed by atoms with Gasteiger partial charge in [-0.1, -0.05) is 6.92 Å². The van der Waals surface area contributed by atoms with Gasteiger partial charge in [0.25, 0.3) is 0 Å². The fourth-order valence-corrected chi connectivity index (χ4v) is 3.92. The Morgan fingerprint density at radius 2 is 1.64 bits per heavy atom. The Morgan fingerprint density at radius 1 is 1.05 bits per heavy atom. The molecule has 0 saturated carbocycles. The van der Waals surface area contributed by atoms with Crippen molar-refractivity contribution in [3.63, 3.8) is 0 Å². The number of hydrogen-bond acceptors (Lipinski definition) is 4. The van der Waals surface area contributed by atoms with Crippen LogP contribution in [-0.4, -0.2) is 84.3 Å². The van der Waals surface area contributed by atoms with E-state index in [1.54, 1.807) is 0 Å². The summed E-state index contributed by atoms with van der Waals surface area (Å²) in [5.74, 6) is 0.863. The Kier molecular flexibility index (Phi) is 7.13. The summed E-state index contributed by atoms with van der Waals surface area (Å²) in [4.78, 5) is 7.41. The predicted molar refractivity (Wildman–Crippen MR) is 93.2 cm³/mol. The van der Waals surface area contributed by atoms with E-state index in [1.807, 2.05) is 0 Å². The maximum Gasteiger partial charge on any atom is 0.0793 e. The molecule has 1 N–H and O–H groups in total. The topological polar surface area (TPSA) is 30.0 Å². The molecule has 2 fully saturated rings. The van der Waals surface area contributed by atoms with Gasteiger partial charge in [-0.25, -0.2) is 0 Å². The van der Waals surface area contributed by atoms with E-state index in [4.69, 9.17) is 0 Å². The van der Waals surface area contributed by atoms with E-state index in [0.29, 0.717) is 12.1 Å². The molecule has 22 heavy (non-hydrogen) atoms. The summed E-state index contributed by atoms with van der Waals surface area (Å²) in [6.07, 6.45) is 4.85. The molecule has 0 radical (unpaired) electrons. The summed E-state index contributed by atoms with van der Waals surface area (Å²) < 4.78 is 0. The number of piperidine rings is 2. The number of likely N-dealkylation sites (tertiary alicyclic amines) is 2. The van der Waals surface area contributed by atoms with Gasteiger partial charge in [-0.2, -0.15) is 0 Å². The Bertz CT molecular complexity index is 307. The van der Waals surface area contributed by atoms with Crippen molar-refractivity contribution in [3.05, 3.63) is 0 Å². The normalized spacial score (nSPS) is 25.2. The molecule has 2 aliphatic rings. The molecule has 0 amide bonds. The van der Waals surface area contributed by atoms with E-state index in [9.17, 15) is 5.11 Å². The van der Waals surface area contributed by atoms with Crippen molar-refractivity contribution < 1.29 is 5.11 Å². The lowest BCUT2D eigenvalue weighted by molar-refractivity contribution is 0.0404. The molecule has 4 nitrogen and oxygen atoms in total. The Morgan fingerprint density at radius 3 is 2.18 bits per heavy atom. The number of likely N-dealkylation sites (N-methyl/N-ethyl adjacent to an activating group) is 1. The quantitative estimate of drug-likeness (QED) is 0.811. The van der Waals surface area contributed by atoms with Crippen LogP contribution in [0.25, 0.3) is 0 Å². The zero-order valence-corrected chi connectivity index (χ0v) is 15.2. The zero-order valence-electron chi connectivity index (χ0n) is 15.2. The van der Waals surface area contributed by atoms with Gasteiger partial charge < -0.3 is 19.8 Å². The fraction of sp³-hybridized carbons (Fsp3) is 1.00. The lowest BCUT2D eigenvalue weighted by Gasteiger charge is -2.39. The van der Waals surface area contributed by atoms with Gasteiger partial charge in [0.15, 0.2) is 0 Å². The number of aliphatic hydroxyl groups excluding tert-OH is 1. The van der Waals surface area contributed by atoms with Gasteiger partial charge in [0, 0.05) is 25.2 Å². The van der Waals surface area contributed by atoms with Crippen LogP contribution in [0.3, 0.4) is 0 Å². The van der Waals surface area contributed by atoms with Gasteiger partial charge in [0.2, 0.25) is 0 Å². The molecule has 2 heterocycles. The molecular formula is C18H37N3O. The van der Waals surface area contributed by atoms with Crippen LogP contribution >= 0.6 is 0 Å². The van der Waals surface area contributed by atoms with Gasteiger partial charge in [0.1, 0.15) is 0 Å². The predicted octanol–water partition coefficient (Wildman–Crippen LogP) is 1.88. The van der Waals surface area contributed by atoms with E-state index in [2.05, 4.69) is 42.5 Å². The first-order valence-corrected chi connectivity index (χ1v) is 9.30. The molecule has 1 atom stereocenters. The average Bonchev–Trinajstić information content (AvgIpc) is 2.49. The average molecular weight is 312 g/mol. The molecule has 0 aromatic heterocycles. The van der Waals surface area contributed by atoms with Crippen LogP contribution in [0.15, 0.2) is 0 Å². The van der Waals surface area contributed by atoms with Crippen molar-refractivity contribution in [2.24, 2.45) is 5.92 Å². The summed E-state index contributed by atoms with van der Waals surface area (Å²) in [7, 11) is 2.19. The first kappa shape index (κ1) is 18.2. The van der Waals surface area contributed by atoms with Crippen molar-refractivity contribution >= 4 is 0 Å². The van der Waals surface area contributed by atoms with Crippen molar-refractivity contribution in [2.45, 2.75) is 64.6 Å². The van der Waals surface area contributed by atoms with Gasteiger partial charge in [-0.15, -0.1) is 0 Å². The van der Waals surface area contributed by atoms with Gasteiger partial charge in [-0.05, 0) is 78.7 Å². The summed E-state index contributed by atoms with van der Waals surface area (Å²) in [6, 6.07) is 1.31. The third-order valence-electron chi connectivity index (χ3n) is 5.70. The van der Waals surface area contributed by atoms with Crippen LogP contribution in [0.2, 0.25) is 0 Å². The minimum atomic E-state index is -0.207. The molecular weight excluding hydrogens is 274 g/mol. The third kappa shape index (κ3) is 5.48. The van der Waals surface area contributed by atoms with Crippen LogP contribution < -0.4 is 0 Å². The fourth-order valence-electron chi connectivity index (χ4n) is 3.92. The van der Waals surface area contributed by atoms with E-state index in [-0.39, 0.29) is 6.10 Å². The van der Waals surface area contributed by atoms with Crippen LogP contribution in [0.1, 0.15) is 46.5 Å². The van der Waals surface area contributed by atoms with Crippen molar-refractivity contribution in [1.82, 2.24) is 14.7 Å². The molecule has 4 heteroatoms. The SMILES string of the molecule is CC1CCN(CC(O)CN(C)C2CCN(C(C)C)CC2)CC1. The second kappa shape index (κ2) is 8.62. The molecule has 0 aliphatic carbocycles. The molecule has 0 aromatic carbocycles. The van der Waals surface area contributed by atoms with Crippen molar-refractivity contribution in [1.29, 1.82) is 0 Å². The Balaban J connectivity index is 1.67. The van der Waals surface area contributed by atoms with Crippen LogP contribution in [0.5, 0.6) is 0 Å². The van der Waals surface area contributed by atoms with Gasteiger partial charge in [-0.3, -0.25) is 0 Å². The lowest BCUT2D eigenvalue weighted by Crippen LogP contribution is -2.49. The van der Waals surface area contributed by atoms with E-state index < -0.39 is 0 Å². The smallest absolute Gasteiger partial charge is 0.0793 e. The number of hydrogen-bond donors (Lipinski definition) is 1. The summed E-state index contributed by atoms with van der Waals surface area (Å²) in [5, 5.41) is 10.4. The highest BCUT2D eigenvalue weighted by atomic mass is 16.3. The Labute approximate surface area is 137 Å². The number of aliphatic hydroxyl groups is 1. The molecule has 0 spiro atoms. The van der Waals surface area contributed by atoms with Gasteiger partial charge in [0.05, 0.1) is 6.10 Å². The Hall–Kier alpha value is -0.160. The van der Waals surface area contributed by atoms with E-state index in [0.717, 1.165) is 32.1 Å². The van der Waals surface area contributed by atoms with Crippen LogP contribution in [0.4, 0.5) is 0 Å². The monoisotopic (exact) mass is 311 g/mol. The number of β-amino-alcohol motifs (C(OH)–C–C–N with tert-alkyl or cyclic N) is 1. The van der Waals surface area contributed by atoms with E-state index in [1.165, 1.54) is 38.8 Å². The molecule has 2 rings (SSSR count). The first-order chi connectivity index (χ1) is 10.5. The summed E-state index contributed by atoms with van der Waals surface area (Å²) in [6.45, 7) is 13.3. The summed E-state index contributed by atoms with van der Waals surface area (Å²) >= 11 is 0. The highest BCUT2D eigenvalue weighted by Gasteiger charge is 2.25. The molecule has 2 aliphatic heterocycles. The zero-order chi connectivity index (χ0) is 16.1. The number of nitrogens with zero attached hydrogens (tertiary/aromatic N) is 3. The second-order valence-electron chi connectivity index (χ2n) is 7.94. The minimum Gasteiger partial charge on any atom is -0.390 e. The maximum absolute atomic E-state index is 10.4. The third-order valence-corrected chi connectivity index (χ3v) is 5.70. The van der Waals surface area contributed by atoms with Gasteiger partial charge >= 0.3 is 0 Å². The number of rotatable bonds is 6. The van der Waals surface area contributed by atoms with Crippen molar-refractivity contribution in [3.8, 4) is 0 Å². The standard InChI is InChI=1S/C18H37N3O/c1-15(2)21-11-7-17(8-12-21)19(4)13-18(22)14-20-9-5-16(3)6-10-20/h15-18,22H,5-14H2,1-4H3. The minimum absolute atomic E-state index is 0.207. The lowest BCUT2D eigenvalue weighted by atomic mass is 9.99. The maximum atomic E-state index is 10.4. The van der Waals surface area contributed by atoms with Crippen molar-refractivity contribution in [2.75, 3.05) is 46.3 Å². The van der Waals surface area contributed by atoms with E-state index >= 15 is 0 Å². The first-order valence-electron chi connectivity index (χ1n) is 9.30. The molecule has 2 saturated heterocycles. The van der Waals surface area contributed by atoms with Crippen LogP contribution in [0, 0.1) is 5.92 Å². The summed E-state index contributed by atoms with van der Waals surface area (Å²) in [5.41, 5.74) is 0. The van der Waals surface area contributed by atoms with Crippen LogP contribution in [-0.2, 0) is 0 Å². The molecule has 0 bridgehead atoms. The molecule has 130 valence electrons. The largest absolute Gasteiger partial charge is 0.390 e. The molecule has 0 aromatic rings. The second-order valence-corrected chi connectivity index (χ2v) is 7.94. The highest BCUT2D eigenvalue weighted by Crippen LogP contribution is 2.19. The molecule has 1 unspecified atom stereocenters.